The lowest BCUT2D eigenvalue weighted by Crippen LogP contribution is -2.35. The van der Waals surface area contributed by atoms with Gasteiger partial charge in [0.2, 0.25) is 5.82 Å². The number of rotatable bonds is 5. The molecule has 0 amide bonds. The van der Waals surface area contributed by atoms with Crippen LogP contribution >= 0.6 is 0 Å². The van der Waals surface area contributed by atoms with E-state index in [1.54, 1.807) is 0 Å². The molecule has 166 valence electrons. The van der Waals surface area contributed by atoms with E-state index in [0.29, 0.717) is 12.4 Å². The van der Waals surface area contributed by atoms with Gasteiger partial charge in [0.05, 0.1) is 6.04 Å². The molecule has 0 saturated heterocycles. The lowest BCUT2D eigenvalue weighted by molar-refractivity contribution is 0.566. The van der Waals surface area contributed by atoms with Crippen LogP contribution in [0.4, 0.5) is 16.0 Å². The first-order valence-electron chi connectivity index (χ1n) is 11.2. The third-order valence-corrected chi connectivity index (χ3v) is 6.28. The summed E-state index contributed by atoms with van der Waals surface area (Å²) < 4.78 is 15.4. The van der Waals surface area contributed by atoms with Crippen LogP contribution in [0.2, 0.25) is 0 Å². The highest BCUT2D eigenvalue weighted by atomic mass is 19.1. The number of hydrogen-bond acceptors (Lipinski definition) is 5. The number of pyridine rings is 1. The van der Waals surface area contributed by atoms with Crippen molar-refractivity contribution in [3.63, 3.8) is 0 Å². The fourth-order valence-electron chi connectivity index (χ4n) is 4.47. The van der Waals surface area contributed by atoms with E-state index in [9.17, 15) is 0 Å². The van der Waals surface area contributed by atoms with Crippen LogP contribution in [0.15, 0.2) is 73.2 Å². The van der Waals surface area contributed by atoms with Gasteiger partial charge in [0.1, 0.15) is 6.33 Å². The molecule has 5 nitrogen and oxygen atoms in total. The Bertz CT molecular complexity index is 1270. The van der Waals surface area contributed by atoms with Crippen LogP contribution < -0.4 is 10.2 Å². The number of nitrogens with zero attached hydrogens (tertiary/aromatic N) is 4. The first kappa shape index (κ1) is 21.1. The molecule has 1 atom stereocenters. The zero-order valence-electron chi connectivity index (χ0n) is 18.8. The van der Waals surface area contributed by atoms with Crippen molar-refractivity contribution in [3.05, 3.63) is 101 Å². The predicted molar refractivity (Wildman–Crippen MR) is 130 cm³/mol. The molecule has 6 heteroatoms. The van der Waals surface area contributed by atoms with E-state index in [1.807, 2.05) is 42.3 Å². The Balaban J connectivity index is 1.31. The van der Waals surface area contributed by atoms with Crippen molar-refractivity contribution in [3.8, 4) is 11.1 Å². The molecule has 0 fully saturated rings. The molecule has 1 N–H and O–H groups in total. The van der Waals surface area contributed by atoms with E-state index in [4.69, 9.17) is 0 Å². The van der Waals surface area contributed by atoms with E-state index >= 15 is 4.39 Å². The summed E-state index contributed by atoms with van der Waals surface area (Å²) in [4.78, 5) is 14.7. The number of halogens is 1. The maximum Gasteiger partial charge on any atom is 0.207 e. The summed E-state index contributed by atoms with van der Waals surface area (Å²) in [6.07, 6.45) is 4.12. The summed E-state index contributed by atoms with van der Waals surface area (Å²) in [7, 11) is 0. The van der Waals surface area contributed by atoms with Crippen molar-refractivity contribution in [1.29, 1.82) is 0 Å². The van der Waals surface area contributed by atoms with Crippen LogP contribution in [0, 0.1) is 12.7 Å². The number of benzene rings is 2. The Kier molecular flexibility index (Phi) is 5.73. The van der Waals surface area contributed by atoms with Crippen LogP contribution in [0.3, 0.4) is 0 Å². The fourth-order valence-corrected chi connectivity index (χ4v) is 4.47. The van der Waals surface area contributed by atoms with Crippen molar-refractivity contribution in [2.75, 3.05) is 16.8 Å². The van der Waals surface area contributed by atoms with Crippen molar-refractivity contribution in [2.24, 2.45) is 0 Å². The molecule has 0 radical (unpaired) electrons. The van der Waals surface area contributed by atoms with Crippen LogP contribution in [-0.2, 0) is 13.0 Å². The van der Waals surface area contributed by atoms with Crippen LogP contribution in [0.1, 0.15) is 35.3 Å². The minimum Gasteiger partial charge on any atom is -0.363 e. The van der Waals surface area contributed by atoms with Crippen molar-refractivity contribution in [2.45, 2.75) is 32.9 Å². The molecule has 0 aliphatic carbocycles. The maximum atomic E-state index is 15.4. The van der Waals surface area contributed by atoms with Gasteiger partial charge >= 0.3 is 0 Å². The molecule has 0 bridgehead atoms. The Morgan fingerprint density at radius 3 is 2.64 bits per heavy atom. The highest BCUT2D eigenvalue weighted by Crippen LogP contribution is 2.34. The van der Waals surface area contributed by atoms with Crippen LogP contribution in [0.5, 0.6) is 0 Å². The van der Waals surface area contributed by atoms with E-state index < -0.39 is 5.82 Å². The highest BCUT2D eigenvalue weighted by Gasteiger charge is 2.27. The standard InChI is InChI=1S/C27H26FN5/c1-18-15-23(11-13-29-18)21-9-7-20(8-10-21)16-30-26-25(28)27(32-17-31-26)33-14-12-22-5-3-4-6-24(22)19(33)2/h3-11,13,15,17,19H,12,14,16H2,1-2H3,(H,30,31,32). The Hall–Kier alpha value is -3.80. The third-order valence-electron chi connectivity index (χ3n) is 6.28. The Labute approximate surface area is 193 Å². The molecule has 1 aliphatic rings. The predicted octanol–water partition coefficient (Wildman–Crippen LogP) is 5.72. The second kappa shape index (κ2) is 8.98. The van der Waals surface area contributed by atoms with Gasteiger partial charge in [-0.05, 0) is 60.2 Å². The Morgan fingerprint density at radius 1 is 1.00 bits per heavy atom. The van der Waals surface area contributed by atoms with E-state index in [2.05, 4.69) is 63.6 Å². The second-order valence-electron chi connectivity index (χ2n) is 8.41. The zero-order valence-corrected chi connectivity index (χ0v) is 18.8. The maximum absolute atomic E-state index is 15.4. The molecule has 3 heterocycles. The van der Waals surface area contributed by atoms with E-state index in [0.717, 1.165) is 35.3 Å². The van der Waals surface area contributed by atoms with Crippen molar-refractivity contribution >= 4 is 11.6 Å². The van der Waals surface area contributed by atoms with Crippen molar-refractivity contribution < 1.29 is 4.39 Å². The smallest absolute Gasteiger partial charge is 0.207 e. The molecular formula is C27H26FN5. The zero-order chi connectivity index (χ0) is 22.8. The summed E-state index contributed by atoms with van der Waals surface area (Å²) in [5.74, 6) is 0.158. The van der Waals surface area contributed by atoms with Crippen LogP contribution in [-0.4, -0.2) is 21.5 Å². The van der Waals surface area contributed by atoms with Crippen LogP contribution in [0.25, 0.3) is 11.1 Å². The quantitative estimate of drug-likeness (QED) is 0.431. The summed E-state index contributed by atoms with van der Waals surface area (Å²) in [6.45, 7) is 5.27. The first-order chi connectivity index (χ1) is 16.1. The first-order valence-corrected chi connectivity index (χ1v) is 11.2. The molecule has 1 aliphatic heterocycles. The highest BCUT2D eigenvalue weighted by molar-refractivity contribution is 5.63. The van der Waals surface area contributed by atoms with Crippen molar-refractivity contribution in [1.82, 2.24) is 15.0 Å². The molecular weight excluding hydrogens is 413 g/mol. The van der Waals surface area contributed by atoms with E-state index in [1.165, 1.54) is 17.5 Å². The number of aryl methyl sites for hydroxylation is 1. The molecule has 5 rings (SSSR count). The monoisotopic (exact) mass is 439 g/mol. The topological polar surface area (TPSA) is 53.9 Å². The summed E-state index contributed by atoms with van der Waals surface area (Å²) in [5.41, 5.74) is 6.83. The van der Waals surface area contributed by atoms with Gasteiger partial charge < -0.3 is 10.2 Å². The number of hydrogen-bond donors (Lipinski definition) is 1. The van der Waals surface area contributed by atoms with Gasteiger partial charge in [-0.1, -0.05) is 48.5 Å². The molecule has 0 spiro atoms. The van der Waals surface area contributed by atoms with Gasteiger partial charge in [0, 0.05) is 25.0 Å². The van der Waals surface area contributed by atoms with Gasteiger partial charge in [-0.3, -0.25) is 4.98 Å². The number of anilines is 2. The molecule has 1 unspecified atom stereocenters. The summed E-state index contributed by atoms with van der Waals surface area (Å²) in [5, 5.41) is 3.15. The average molecular weight is 440 g/mol. The third kappa shape index (κ3) is 4.29. The molecule has 4 aromatic rings. The summed E-state index contributed by atoms with van der Waals surface area (Å²) >= 11 is 0. The molecule has 33 heavy (non-hydrogen) atoms. The average Bonchev–Trinajstić information content (AvgIpc) is 2.84. The fraction of sp³-hybridized carbons (Fsp3) is 0.222. The number of aromatic nitrogens is 3. The second-order valence-corrected chi connectivity index (χ2v) is 8.41. The molecule has 0 saturated carbocycles. The Morgan fingerprint density at radius 2 is 1.82 bits per heavy atom. The largest absolute Gasteiger partial charge is 0.363 e. The van der Waals surface area contributed by atoms with Gasteiger partial charge in [-0.25, -0.2) is 9.97 Å². The molecule has 2 aromatic heterocycles. The lowest BCUT2D eigenvalue weighted by atomic mass is 9.93. The van der Waals surface area contributed by atoms with Gasteiger partial charge in [0.15, 0.2) is 11.6 Å². The van der Waals surface area contributed by atoms with Gasteiger partial charge in [-0.15, -0.1) is 0 Å². The van der Waals surface area contributed by atoms with Gasteiger partial charge in [0.25, 0.3) is 0 Å². The minimum atomic E-state index is -0.410. The normalized spacial score (nSPS) is 15.2. The SMILES string of the molecule is Cc1cc(-c2ccc(CNc3ncnc(N4CCc5ccccc5C4C)c3F)cc2)ccn1. The summed E-state index contributed by atoms with van der Waals surface area (Å²) in [6, 6.07) is 20.7. The number of fused-ring (bicyclic) bond motifs is 1. The lowest BCUT2D eigenvalue weighted by Gasteiger charge is -2.36. The van der Waals surface area contributed by atoms with E-state index in [-0.39, 0.29) is 11.9 Å². The van der Waals surface area contributed by atoms with Gasteiger partial charge in [-0.2, -0.15) is 4.39 Å². The molecule has 2 aromatic carbocycles. The number of nitrogens with one attached hydrogen (secondary N) is 1. The minimum absolute atomic E-state index is 0.0524.